The molecule has 2 atom stereocenters. The number of aromatic nitrogens is 1. The molecule has 0 N–H and O–H groups in total. The Morgan fingerprint density at radius 1 is 1.15 bits per heavy atom. The van der Waals surface area contributed by atoms with Crippen molar-refractivity contribution in [2.75, 3.05) is 26.2 Å². The van der Waals surface area contributed by atoms with Crippen LogP contribution in [0.15, 0.2) is 24.4 Å². The van der Waals surface area contributed by atoms with Gasteiger partial charge in [0.05, 0.1) is 24.2 Å². The van der Waals surface area contributed by atoms with Crippen LogP contribution in [0, 0.1) is 5.92 Å². The maximum atomic E-state index is 12.9. The Morgan fingerprint density at radius 2 is 2.04 bits per heavy atom. The van der Waals surface area contributed by atoms with Crippen LogP contribution < -0.4 is 0 Å². The SMILES string of the molecule is O=C1C[C@@H](C(=O)N2CC[C@H](N3CCCC3=O)C2)CN1Cc1ccccn1. The molecule has 3 saturated heterocycles. The number of likely N-dealkylation sites (tertiary alicyclic amines) is 3. The second-order valence-electron chi connectivity index (χ2n) is 7.41. The zero-order valence-corrected chi connectivity index (χ0v) is 14.8. The molecule has 3 aliphatic heterocycles. The molecule has 4 rings (SSSR count). The van der Waals surface area contributed by atoms with Gasteiger partial charge in [0, 0.05) is 45.2 Å². The Labute approximate surface area is 153 Å². The van der Waals surface area contributed by atoms with Crippen molar-refractivity contribution >= 4 is 17.7 Å². The normalized spacial score (nSPS) is 26.2. The van der Waals surface area contributed by atoms with E-state index in [9.17, 15) is 14.4 Å². The first-order valence-electron chi connectivity index (χ1n) is 9.38. The summed E-state index contributed by atoms with van der Waals surface area (Å²) in [5, 5.41) is 0. The highest BCUT2D eigenvalue weighted by Crippen LogP contribution is 2.26. The Hall–Kier alpha value is -2.44. The molecule has 0 saturated carbocycles. The highest BCUT2D eigenvalue weighted by Gasteiger charge is 2.40. The largest absolute Gasteiger partial charge is 0.340 e. The number of carbonyl (C=O) groups excluding carboxylic acids is 3. The van der Waals surface area contributed by atoms with Crippen molar-refractivity contribution in [2.45, 2.75) is 38.3 Å². The zero-order chi connectivity index (χ0) is 18.1. The predicted octanol–water partition coefficient (Wildman–Crippen LogP) is 0.653. The summed E-state index contributed by atoms with van der Waals surface area (Å²) < 4.78 is 0. The summed E-state index contributed by atoms with van der Waals surface area (Å²) in [6.07, 6.45) is 4.38. The van der Waals surface area contributed by atoms with Crippen molar-refractivity contribution in [3.05, 3.63) is 30.1 Å². The summed E-state index contributed by atoms with van der Waals surface area (Å²) in [7, 11) is 0. The number of hydrogen-bond acceptors (Lipinski definition) is 4. The van der Waals surface area contributed by atoms with Crippen molar-refractivity contribution in [1.29, 1.82) is 0 Å². The van der Waals surface area contributed by atoms with E-state index < -0.39 is 0 Å². The van der Waals surface area contributed by atoms with E-state index in [1.807, 2.05) is 28.0 Å². The van der Waals surface area contributed by atoms with Crippen molar-refractivity contribution in [3.8, 4) is 0 Å². The molecule has 3 fully saturated rings. The molecule has 7 heteroatoms. The van der Waals surface area contributed by atoms with Gasteiger partial charge in [-0.15, -0.1) is 0 Å². The molecular weight excluding hydrogens is 332 g/mol. The first-order chi connectivity index (χ1) is 12.6. The molecule has 4 heterocycles. The van der Waals surface area contributed by atoms with Gasteiger partial charge in [-0.25, -0.2) is 0 Å². The molecule has 3 amide bonds. The predicted molar refractivity (Wildman–Crippen MR) is 93.7 cm³/mol. The maximum Gasteiger partial charge on any atom is 0.228 e. The lowest BCUT2D eigenvalue weighted by atomic mass is 10.1. The molecule has 0 radical (unpaired) electrons. The lowest BCUT2D eigenvalue weighted by Crippen LogP contribution is -2.41. The van der Waals surface area contributed by atoms with Crippen LogP contribution in [0.3, 0.4) is 0 Å². The van der Waals surface area contributed by atoms with Crippen molar-refractivity contribution in [1.82, 2.24) is 19.7 Å². The fraction of sp³-hybridized carbons (Fsp3) is 0.579. The monoisotopic (exact) mass is 356 g/mol. The third kappa shape index (κ3) is 3.30. The van der Waals surface area contributed by atoms with E-state index in [0.717, 1.165) is 25.1 Å². The van der Waals surface area contributed by atoms with Gasteiger partial charge in [0.1, 0.15) is 0 Å². The van der Waals surface area contributed by atoms with Crippen molar-refractivity contribution < 1.29 is 14.4 Å². The average molecular weight is 356 g/mol. The average Bonchev–Trinajstić information content (AvgIpc) is 3.36. The molecule has 0 unspecified atom stereocenters. The molecule has 0 bridgehead atoms. The first kappa shape index (κ1) is 17.0. The number of nitrogens with zero attached hydrogens (tertiary/aromatic N) is 4. The number of amides is 3. The van der Waals surface area contributed by atoms with Crippen molar-refractivity contribution in [3.63, 3.8) is 0 Å². The fourth-order valence-electron chi connectivity index (χ4n) is 4.29. The van der Waals surface area contributed by atoms with Crippen LogP contribution in [0.4, 0.5) is 0 Å². The van der Waals surface area contributed by atoms with Gasteiger partial charge in [-0.1, -0.05) is 6.07 Å². The van der Waals surface area contributed by atoms with Gasteiger partial charge >= 0.3 is 0 Å². The molecular formula is C19H24N4O3. The number of rotatable bonds is 4. The molecule has 1 aromatic rings. The van der Waals surface area contributed by atoms with Crippen LogP contribution >= 0.6 is 0 Å². The molecule has 138 valence electrons. The molecule has 7 nitrogen and oxygen atoms in total. The lowest BCUT2D eigenvalue weighted by molar-refractivity contribution is -0.136. The number of hydrogen-bond donors (Lipinski definition) is 0. The lowest BCUT2D eigenvalue weighted by Gasteiger charge is -2.25. The zero-order valence-electron chi connectivity index (χ0n) is 14.8. The topological polar surface area (TPSA) is 73.8 Å². The Balaban J connectivity index is 1.34. The van der Waals surface area contributed by atoms with E-state index in [0.29, 0.717) is 32.6 Å². The smallest absolute Gasteiger partial charge is 0.228 e. The molecule has 0 spiro atoms. The van der Waals surface area contributed by atoms with E-state index in [2.05, 4.69) is 4.98 Å². The van der Waals surface area contributed by atoms with Gasteiger partial charge in [0.25, 0.3) is 0 Å². The minimum Gasteiger partial charge on any atom is -0.340 e. The van der Waals surface area contributed by atoms with Gasteiger partial charge < -0.3 is 14.7 Å². The molecule has 0 aromatic carbocycles. The molecule has 26 heavy (non-hydrogen) atoms. The van der Waals surface area contributed by atoms with Crippen LogP contribution in [0.1, 0.15) is 31.4 Å². The number of pyridine rings is 1. The second-order valence-corrected chi connectivity index (χ2v) is 7.41. The maximum absolute atomic E-state index is 12.9. The van der Waals surface area contributed by atoms with Gasteiger partial charge in [0.15, 0.2) is 0 Å². The highest BCUT2D eigenvalue weighted by molar-refractivity contribution is 5.89. The quantitative estimate of drug-likeness (QED) is 0.794. The van der Waals surface area contributed by atoms with Gasteiger partial charge in [-0.2, -0.15) is 0 Å². The summed E-state index contributed by atoms with van der Waals surface area (Å²) in [4.78, 5) is 46.8. The summed E-state index contributed by atoms with van der Waals surface area (Å²) in [5.74, 6) is -0.00314. The minimum atomic E-state index is -0.278. The summed E-state index contributed by atoms with van der Waals surface area (Å²) >= 11 is 0. The first-order valence-corrected chi connectivity index (χ1v) is 9.38. The van der Waals surface area contributed by atoms with Gasteiger partial charge in [-0.3, -0.25) is 19.4 Å². The van der Waals surface area contributed by atoms with Gasteiger partial charge in [-0.05, 0) is 25.0 Å². The third-order valence-electron chi connectivity index (χ3n) is 5.67. The van der Waals surface area contributed by atoms with Crippen LogP contribution in [-0.2, 0) is 20.9 Å². The van der Waals surface area contributed by atoms with E-state index in [-0.39, 0.29) is 36.1 Å². The molecule has 0 aliphatic carbocycles. The Bertz CT molecular complexity index is 708. The second kappa shape index (κ2) is 7.05. The highest BCUT2D eigenvalue weighted by atomic mass is 16.2. The Kier molecular flexibility index (Phi) is 4.61. The molecule has 1 aromatic heterocycles. The van der Waals surface area contributed by atoms with Crippen LogP contribution in [0.5, 0.6) is 0 Å². The fourth-order valence-corrected chi connectivity index (χ4v) is 4.29. The molecule has 3 aliphatic rings. The standard InChI is InChI=1S/C19H24N4O3/c24-17-5-3-8-23(17)16-6-9-21(13-16)19(26)14-10-18(25)22(11-14)12-15-4-1-2-7-20-15/h1-2,4,7,14,16H,3,5-6,8-13H2/t14-,16+/m1/s1. The van der Waals surface area contributed by atoms with E-state index in [1.54, 1.807) is 11.1 Å². The van der Waals surface area contributed by atoms with Crippen LogP contribution in [0.2, 0.25) is 0 Å². The Morgan fingerprint density at radius 3 is 2.77 bits per heavy atom. The summed E-state index contributed by atoms with van der Waals surface area (Å²) in [5.41, 5.74) is 0.836. The van der Waals surface area contributed by atoms with Crippen molar-refractivity contribution in [2.24, 2.45) is 5.92 Å². The number of carbonyl (C=O) groups is 3. The van der Waals surface area contributed by atoms with Crippen LogP contribution in [-0.4, -0.2) is 69.6 Å². The summed E-state index contributed by atoms with van der Waals surface area (Å²) in [6, 6.07) is 5.78. The van der Waals surface area contributed by atoms with E-state index in [4.69, 9.17) is 0 Å². The van der Waals surface area contributed by atoms with E-state index >= 15 is 0 Å². The van der Waals surface area contributed by atoms with Crippen LogP contribution in [0.25, 0.3) is 0 Å². The minimum absolute atomic E-state index is 0.0134. The van der Waals surface area contributed by atoms with Gasteiger partial charge in [0.2, 0.25) is 17.7 Å². The third-order valence-corrected chi connectivity index (χ3v) is 5.67. The summed E-state index contributed by atoms with van der Waals surface area (Å²) in [6.45, 7) is 3.01. The van der Waals surface area contributed by atoms with E-state index in [1.165, 1.54) is 0 Å².